The van der Waals surface area contributed by atoms with Gasteiger partial charge in [0, 0.05) is 44.5 Å². The molecule has 0 fully saturated rings. The summed E-state index contributed by atoms with van der Waals surface area (Å²) in [5.74, 6) is 11.3. The summed E-state index contributed by atoms with van der Waals surface area (Å²) in [6.07, 6.45) is 0. The standard InChI is InChI=1S/C36H20F2O2/c37-33-19-15-29(16-20-33)35(39)31-9-3-5-25(23-31)11-13-27-7-1-2-8-28(27)14-12-26-6-4-10-32(24-26)36(40)30-17-21-34(38)22-18-30/h1-10,15-24H. The van der Waals surface area contributed by atoms with Gasteiger partial charge in [-0.25, -0.2) is 8.78 Å². The molecule has 0 bridgehead atoms. The van der Waals surface area contributed by atoms with Gasteiger partial charge in [-0.2, -0.15) is 0 Å². The highest BCUT2D eigenvalue weighted by molar-refractivity contribution is 6.09. The van der Waals surface area contributed by atoms with Crippen LogP contribution < -0.4 is 0 Å². The Morgan fingerprint density at radius 3 is 1.23 bits per heavy atom. The van der Waals surface area contributed by atoms with Crippen LogP contribution in [0.15, 0.2) is 121 Å². The van der Waals surface area contributed by atoms with Gasteiger partial charge in [0.05, 0.1) is 0 Å². The minimum Gasteiger partial charge on any atom is -0.289 e. The lowest BCUT2D eigenvalue weighted by Gasteiger charge is -2.02. The Morgan fingerprint density at radius 1 is 0.425 bits per heavy atom. The third-order valence-corrected chi connectivity index (χ3v) is 6.07. The van der Waals surface area contributed by atoms with Gasteiger partial charge in [0.2, 0.25) is 0 Å². The molecule has 190 valence electrons. The third kappa shape index (κ3) is 6.27. The molecule has 0 spiro atoms. The van der Waals surface area contributed by atoms with E-state index < -0.39 is 11.6 Å². The molecule has 5 aromatic carbocycles. The van der Waals surface area contributed by atoms with Crippen LogP contribution in [0.3, 0.4) is 0 Å². The zero-order chi connectivity index (χ0) is 27.9. The lowest BCUT2D eigenvalue weighted by molar-refractivity contribution is 0.103. The fourth-order valence-electron chi connectivity index (χ4n) is 3.99. The maximum Gasteiger partial charge on any atom is 0.193 e. The van der Waals surface area contributed by atoms with E-state index in [1.165, 1.54) is 48.5 Å². The van der Waals surface area contributed by atoms with Gasteiger partial charge in [-0.1, -0.05) is 60.1 Å². The second-order valence-electron chi connectivity index (χ2n) is 8.88. The molecule has 0 radical (unpaired) electrons. The number of carbonyl (C=O) groups excluding carboxylic acids is 2. The molecule has 5 rings (SSSR count). The van der Waals surface area contributed by atoms with E-state index in [9.17, 15) is 18.4 Å². The molecule has 0 atom stereocenters. The molecule has 0 saturated carbocycles. The predicted molar refractivity (Wildman–Crippen MR) is 151 cm³/mol. The van der Waals surface area contributed by atoms with Crippen molar-refractivity contribution in [1.82, 2.24) is 0 Å². The number of rotatable bonds is 4. The van der Waals surface area contributed by atoms with E-state index in [0.717, 1.165) is 0 Å². The van der Waals surface area contributed by atoms with E-state index in [0.29, 0.717) is 44.5 Å². The summed E-state index contributed by atoms with van der Waals surface area (Å²) < 4.78 is 26.4. The molecule has 5 aromatic rings. The van der Waals surface area contributed by atoms with Crippen molar-refractivity contribution >= 4 is 11.6 Å². The van der Waals surface area contributed by atoms with Crippen molar-refractivity contribution in [2.24, 2.45) is 0 Å². The summed E-state index contributed by atoms with van der Waals surface area (Å²) in [7, 11) is 0. The predicted octanol–water partition coefficient (Wildman–Crippen LogP) is 7.23. The molecule has 0 aliphatic heterocycles. The normalized spacial score (nSPS) is 10.1. The number of ketones is 2. The van der Waals surface area contributed by atoms with Crippen molar-refractivity contribution in [3.63, 3.8) is 0 Å². The van der Waals surface area contributed by atoms with Crippen molar-refractivity contribution in [3.05, 3.63) is 177 Å². The summed E-state index contributed by atoms with van der Waals surface area (Å²) in [6, 6.07) is 32.3. The lowest BCUT2D eigenvalue weighted by Crippen LogP contribution is -2.01. The molecule has 0 aromatic heterocycles. The molecular formula is C36H20F2O2. The van der Waals surface area contributed by atoms with Crippen LogP contribution in [-0.4, -0.2) is 11.6 Å². The smallest absolute Gasteiger partial charge is 0.193 e. The van der Waals surface area contributed by atoms with Crippen molar-refractivity contribution in [1.29, 1.82) is 0 Å². The summed E-state index contributed by atoms with van der Waals surface area (Å²) >= 11 is 0. The Kier molecular flexibility index (Phi) is 7.72. The molecular weight excluding hydrogens is 502 g/mol. The average Bonchev–Trinajstić information content (AvgIpc) is 3.00. The van der Waals surface area contributed by atoms with Crippen LogP contribution >= 0.6 is 0 Å². The quantitative estimate of drug-likeness (QED) is 0.184. The zero-order valence-electron chi connectivity index (χ0n) is 21.1. The van der Waals surface area contributed by atoms with Crippen LogP contribution in [0, 0.1) is 35.3 Å². The minimum absolute atomic E-state index is 0.213. The highest BCUT2D eigenvalue weighted by Crippen LogP contribution is 2.15. The Labute approximate surface area is 231 Å². The van der Waals surface area contributed by atoms with E-state index in [1.807, 2.05) is 36.4 Å². The van der Waals surface area contributed by atoms with E-state index in [2.05, 4.69) is 23.7 Å². The van der Waals surface area contributed by atoms with Gasteiger partial charge in [-0.3, -0.25) is 9.59 Å². The van der Waals surface area contributed by atoms with Crippen molar-refractivity contribution in [2.75, 3.05) is 0 Å². The molecule has 4 heteroatoms. The zero-order valence-corrected chi connectivity index (χ0v) is 21.1. The number of hydrogen-bond acceptors (Lipinski definition) is 2. The summed E-state index contributed by atoms with van der Waals surface area (Å²) in [5.41, 5.74) is 4.45. The highest BCUT2D eigenvalue weighted by Gasteiger charge is 2.10. The van der Waals surface area contributed by atoms with E-state index in [1.54, 1.807) is 36.4 Å². The molecule has 0 heterocycles. The second-order valence-corrected chi connectivity index (χ2v) is 8.88. The monoisotopic (exact) mass is 522 g/mol. The Hall–Kier alpha value is -5.58. The number of hydrogen-bond donors (Lipinski definition) is 0. The fourth-order valence-corrected chi connectivity index (χ4v) is 3.99. The topological polar surface area (TPSA) is 34.1 Å². The largest absolute Gasteiger partial charge is 0.289 e. The van der Waals surface area contributed by atoms with Crippen LogP contribution in [0.5, 0.6) is 0 Å². The van der Waals surface area contributed by atoms with Gasteiger partial charge < -0.3 is 0 Å². The van der Waals surface area contributed by atoms with Gasteiger partial charge in [0.25, 0.3) is 0 Å². The van der Waals surface area contributed by atoms with Crippen LogP contribution in [0.4, 0.5) is 8.78 Å². The molecule has 0 aliphatic carbocycles. The average molecular weight is 523 g/mol. The molecule has 2 nitrogen and oxygen atoms in total. The molecule has 0 aliphatic rings. The highest BCUT2D eigenvalue weighted by atomic mass is 19.1. The first-order valence-corrected chi connectivity index (χ1v) is 12.4. The second kappa shape index (κ2) is 11.9. The first-order valence-electron chi connectivity index (χ1n) is 12.4. The maximum atomic E-state index is 13.2. The van der Waals surface area contributed by atoms with Gasteiger partial charge in [-0.05, 0) is 84.9 Å². The summed E-state index contributed by atoms with van der Waals surface area (Å²) in [5, 5.41) is 0. The summed E-state index contributed by atoms with van der Waals surface area (Å²) in [6.45, 7) is 0. The Morgan fingerprint density at radius 2 is 0.825 bits per heavy atom. The van der Waals surface area contributed by atoms with Crippen molar-refractivity contribution in [2.45, 2.75) is 0 Å². The number of halogens is 2. The van der Waals surface area contributed by atoms with E-state index in [4.69, 9.17) is 0 Å². The molecule has 0 N–H and O–H groups in total. The van der Waals surface area contributed by atoms with E-state index in [-0.39, 0.29) is 11.6 Å². The van der Waals surface area contributed by atoms with Crippen LogP contribution in [-0.2, 0) is 0 Å². The minimum atomic E-state index is -0.399. The fraction of sp³-hybridized carbons (Fsp3) is 0. The van der Waals surface area contributed by atoms with Crippen molar-refractivity contribution in [3.8, 4) is 23.7 Å². The Balaban J connectivity index is 1.38. The van der Waals surface area contributed by atoms with Gasteiger partial charge >= 0.3 is 0 Å². The first-order chi connectivity index (χ1) is 19.5. The summed E-state index contributed by atoms with van der Waals surface area (Å²) in [4.78, 5) is 25.6. The first kappa shape index (κ1) is 26.0. The lowest BCUT2D eigenvalue weighted by atomic mass is 10.0. The van der Waals surface area contributed by atoms with Gasteiger partial charge in [0.15, 0.2) is 11.6 Å². The molecule has 0 unspecified atom stereocenters. The maximum absolute atomic E-state index is 13.2. The van der Waals surface area contributed by atoms with Crippen LogP contribution in [0.25, 0.3) is 0 Å². The van der Waals surface area contributed by atoms with Gasteiger partial charge in [-0.15, -0.1) is 0 Å². The van der Waals surface area contributed by atoms with Crippen LogP contribution in [0.1, 0.15) is 54.1 Å². The van der Waals surface area contributed by atoms with Crippen molar-refractivity contribution < 1.29 is 18.4 Å². The van der Waals surface area contributed by atoms with E-state index >= 15 is 0 Å². The number of benzene rings is 5. The SMILES string of the molecule is O=C(c1ccc(F)cc1)c1cccc(C#Cc2ccccc2C#Cc2cccc(C(=O)c3ccc(F)cc3)c2)c1. The number of carbonyl (C=O) groups is 2. The molecule has 0 amide bonds. The molecule has 0 saturated heterocycles. The third-order valence-electron chi connectivity index (χ3n) is 6.07. The Bertz CT molecular complexity index is 1710. The molecule has 40 heavy (non-hydrogen) atoms. The van der Waals surface area contributed by atoms with Crippen LogP contribution in [0.2, 0.25) is 0 Å². The van der Waals surface area contributed by atoms with Gasteiger partial charge in [0.1, 0.15) is 11.6 Å².